The maximum atomic E-state index is 13.5. The molecule has 0 radical (unpaired) electrons. The highest BCUT2D eigenvalue weighted by molar-refractivity contribution is 6.08. The number of imide groups is 1. The predicted octanol–water partition coefficient (Wildman–Crippen LogP) is 1.68. The molecule has 1 heterocycles. The largest absolute Gasteiger partial charge is 0.481 e. The Morgan fingerprint density at radius 3 is 1.76 bits per heavy atom. The number of carbonyl (C=O) groups excluding carboxylic acids is 5. The Hall–Kier alpha value is -3.76. The molecule has 1 saturated heterocycles. The van der Waals surface area contributed by atoms with E-state index >= 15 is 0 Å². The summed E-state index contributed by atoms with van der Waals surface area (Å²) in [5.41, 5.74) is -2.94. The number of piperidine rings is 1. The van der Waals surface area contributed by atoms with E-state index < -0.39 is 69.9 Å². The lowest BCUT2D eigenvalue weighted by atomic mass is 9.51. The number of nitrogens with zero attached hydrogens (tertiary/aromatic N) is 1. The lowest BCUT2D eigenvalue weighted by molar-refractivity contribution is -0.187. The number of hydrogen-bond acceptors (Lipinski definition) is 6. The van der Waals surface area contributed by atoms with Gasteiger partial charge in [-0.25, -0.2) is 0 Å². The number of carbonyl (C=O) groups is 6. The summed E-state index contributed by atoms with van der Waals surface area (Å²) in [6.07, 6.45) is 0.292. The number of anilines is 1. The fourth-order valence-electron chi connectivity index (χ4n) is 5.94. The van der Waals surface area contributed by atoms with Crippen molar-refractivity contribution in [1.29, 1.82) is 0 Å². The third kappa shape index (κ3) is 5.41. The molecule has 1 aromatic carbocycles. The topological polar surface area (TPSA) is 162 Å². The molecule has 11 heteroatoms. The van der Waals surface area contributed by atoms with Crippen LogP contribution < -0.4 is 16.0 Å². The van der Waals surface area contributed by atoms with E-state index in [2.05, 4.69) is 16.0 Å². The molecule has 11 nitrogen and oxygen atoms in total. The van der Waals surface area contributed by atoms with Gasteiger partial charge in [-0.05, 0) is 59.1 Å². The van der Waals surface area contributed by atoms with Gasteiger partial charge in [-0.15, -0.1) is 0 Å². The molecule has 1 aliphatic carbocycles. The van der Waals surface area contributed by atoms with Crippen LogP contribution in [0.25, 0.3) is 0 Å². The summed E-state index contributed by atoms with van der Waals surface area (Å²) in [5, 5.41) is 17.5. The first-order valence-electron chi connectivity index (χ1n) is 12.6. The van der Waals surface area contributed by atoms with Crippen LogP contribution in [0.5, 0.6) is 0 Å². The smallest absolute Gasteiger partial charge is 0.309 e. The minimum absolute atomic E-state index is 0.0453. The predicted molar refractivity (Wildman–Crippen MR) is 137 cm³/mol. The SMILES string of the molecule is CC(NC(=O)C(C)NC(=O)C(C)N1C(=O)C2(C)CC(C)(C(=O)O)CC(C)(C2)C1=O)C(=O)Nc1ccccc1. The second-order valence-electron chi connectivity index (χ2n) is 11.5. The van der Waals surface area contributed by atoms with E-state index in [1.54, 1.807) is 51.1 Å². The quantitative estimate of drug-likeness (QED) is 0.373. The zero-order chi connectivity index (χ0) is 28.6. The molecule has 5 atom stereocenters. The Morgan fingerprint density at radius 2 is 1.26 bits per heavy atom. The fourth-order valence-corrected chi connectivity index (χ4v) is 5.94. The summed E-state index contributed by atoms with van der Waals surface area (Å²) < 4.78 is 0. The van der Waals surface area contributed by atoms with Gasteiger partial charge in [0.25, 0.3) is 0 Å². The summed E-state index contributed by atoms with van der Waals surface area (Å²) >= 11 is 0. The Kier molecular flexibility index (Phi) is 7.72. The van der Waals surface area contributed by atoms with Crippen LogP contribution in [0, 0.1) is 16.2 Å². The Labute approximate surface area is 221 Å². The number of nitrogens with one attached hydrogen (secondary N) is 3. The Balaban J connectivity index is 1.66. The molecule has 1 aromatic rings. The summed E-state index contributed by atoms with van der Waals surface area (Å²) in [4.78, 5) is 77.9. The van der Waals surface area contributed by atoms with E-state index in [9.17, 15) is 33.9 Å². The average molecular weight is 529 g/mol. The van der Waals surface area contributed by atoms with E-state index in [1.165, 1.54) is 20.8 Å². The van der Waals surface area contributed by atoms with E-state index in [0.29, 0.717) is 5.69 Å². The number of likely N-dealkylation sites (tertiary alicyclic amines) is 1. The average Bonchev–Trinajstić information content (AvgIpc) is 2.82. The number of hydrogen-bond donors (Lipinski definition) is 4. The third-order valence-corrected chi connectivity index (χ3v) is 7.64. The van der Waals surface area contributed by atoms with Crippen molar-refractivity contribution in [3.8, 4) is 0 Å². The van der Waals surface area contributed by atoms with Crippen molar-refractivity contribution in [3.05, 3.63) is 30.3 Å². The molecule has 4 N–H and O–H groups in total. The number of aliphatic carboxylic acids is 1. The van der Waals surface area contributed by atoms with Crippen molar-refractivity contribution in [1.82, 2.24) is 15.5 Å². The molecule has 2 fully saturated rings. The second-order valence-corrected chi connectivity index (χ2v) is 11.5. The van der Waals surface area contributed by atoms with Crippen LogP contribution in [0.15, 0.2) is 30.3 Å². The molecule has 1 saturated carbocycles. The minimum atomic E-state index is -1.25. The zero-order valence-corrected chi connectivity index (χ0v) is 22.6. The van der Waals surface area contributed by atoms with Crippen molar-refractivity contribution in [2.24, 2.45) is 16.2 Å². The van der Waals surface area contributed by atoms with Gasteiger partial charge < -0.3 is 21.1 Å². The van der Waals surface area contributed by atoms with Crippen molar-refractivity contribution in [3.63, 3.8) is 0 Å². The highest BCUT2D eigenvalue weighted by atomic mass is 16.4. The molecule has 5 unspecified atom stereocenters. The second kappa shape index (κ2) is 10.2. The fraction of sp³-hybridized carbons (Fsp3) is 0.556. The maximum absolute atomic E-state index is 13.5. The van der Waals surface area contributed by atoms with Gasteiger partial charge in [0.2, 0.25) is 29.5 Å². The number of benzene rings is 1. The molecule has 206 valence electrons. The van der Waals surface area contributed by atoms with E-state index in [-0.39, 0.29) is 19.3 Å². The Morgan fingerprint density at radius 1 is 0.789 bits per heavy atom. The number of fused-ring (bicyclic) bond motifs is 2. The van der Waals surface area contributed by atoms with Gasteiger partial charge in [0.05, 0.1) is 5.41 Å². The molecule has 5 amide bonds. The van der Waals surface area contributed by atoms with Crippen LogP contribution >= 0.6 is 0 Å². The number of amides is 5. The van der Waals surface area contributed by atoms with Crippen LogP contribution in [0.4, 0.5) is 5.69 Å². The third-order valence-electron chi connectivity index (χ3n) is 7.64. The molecule has 1 aliphatic heterocycles. The summed E-state index contributed by atoms with van der Waals surface area (Å²) in [7, 11) is 0. The number of para-hydroxylation sites is 1. The molecular formula is C27H36N4O7. The van der Waals surface area contributed by atoms with E-state index in [1.807, 2.05) is 0 Å². The minimum Gasteiger partial charge on any atom is -0.481 e. The van der Waals surface area contributed by atoms with Crippen LogP contribution in [0.2, 0.25) is 0 Å². The van der Waals surface area contributed by atoms with Crippen molar-refractivity contribution in [2.75, 3.05) is 5.32 Å². The standard InChI is InChI=1S/C27H36N4O7/c1-15(19(32)28-16(2)20(33)30-18-10-8-7-9-11-18)29-21(34)17(3)31-22(35)25(4)12-26(5,23(31)36)14-27(6,13-25)24(37)38/h7-11,15-17H,12-14H2,1-6H3,(H,28,32)(H,29,34)(H,30,33)(H,37,38). The molecule has 2 bridgehead atoms. The highest BCUT2D eigenvalue weighted by Gasteiger charge is 2.64. The van der Waals surface area contributed by atoms with Crippen molar-refractivity contribution >= 4 is 41.2 Å². The first-order chi connectivity index (χ1) is 17.5. The van der Waals surface area contributed by atoms with Gasteiger partial charge in [-0.1, -0.05) is 32.0 Å². The molecule has 2 aliphatic rings. The number of rotatable bonds is 8. The normalized spacial score (nSPS) is 29.1. The van der Waals surface area contributed by atoms with Crippen molar-refractivity contribution < 1.29 is 33.9 Å². The summed E-state index contributed by atoms with van der Waals surface area (Å²) in [5.74, 6) is -4.05. The van der Waals surface area contributed by atoms with Gasteiger partial charge in [-0.3, -0.25) is 33.7 Å². The number of carboxylic acid groups (broad SMARTS) is 1. The molecule has 3 rings (SSSR count). The zero-order valence-electron chi connectivity index (χ0n) is 22.6. The lowest BCUT2D eigenvalue weighted by Crippen LogP contribution is -2.67. The van der Waals surface area contributed by atoms with Gasteiger partial charge in [0.15, 0.2) is 0 Å². The van der Waals surface area contributed by atoms with Crippen molar-refractivity contribution in [2.45, 2.75) is 78.9 Å². The Bertz CT molecular complexity index is 1140. The van der Waals surface area contributed by atoms with Crippen LogP contribution in [-0.2, 0) is 28.8 Å². The van der Waals surface area contributed by atoms with Crippen LogP contribution in [0.3, 0.4) is 0 Å². The molecule has 38 heavy (non-hydrogen) atoms. The first-order valence-corrected chi connectivity index (χ1v) is 12.6. The monoisotopic (exact) mass is 528 g/mol. The summed E-state index contributed by atoms with van der Waals surface area (Å²) in [6.45, 7) is 9.14. The van der Waals surface area contributed by atoms with Gasteiger partial charge in [0, 0.05) is 16.5 Å². The first kappa shape index (κ1) is 28.8. The maximum Gasteiger partial charge on any atom is 0.309 e. The lowest BCUT2D eigenvalue weighted by Gasteiger charge is -2.56. The molecular weight excluding hydrogens is 492 g/mol. The van der Waals surface area contributed by atoms with Gasteiger partial charge in [0.1, 0.15) is 18.1 Å². The van der Waals surface area contributed by atoms with E-state index in [4.69, 9.17) is 0 Å². The molecule has 0 aromatic heterocycles. The van der Waals surface area contributed by atoms with Gasteiger partial charge >= 0.3 is 5.97 Å². The molecule has 0 spiro atoms. The van der Waals surface area contributed by atoms with Crippen LogP contribution in [0.1, 0.15) is 60.8 Å². The number of carboxylic acids is 1. The van der Waals surface area contributed by atoms with E-state index in [0.717, 1.165) is 4.90 Å². The summed E-state index contributed by atoms with van der Waals surface area (Å²) in [6, 6.07) is 5.55. The van der Waals surface area contributed by atoms with Gasteiger partial charge in [-0.2, -0.15) is 0 Å². The highest BCUT2D eigenvalue weighted by Crippen LogP contribution is 2.58. The van der Waals surface area contributed by atoms with Crippen LogP contribution in [-0.4, -0.2) is 63.6 Å².